The van der Waals surface area contributed by atoms with E-state index in [1.54, 1.807) is 11.8 Å². The van der Waals surface area contributed by atoms with Gasteiger partial charge in [-0.3, -0.25) is 0 Å². The number of anilines is 1. The lowest BCUT2D eigenvalue weighted by Crippen LogP contribution is -2.42. The van der Waals surface area contributed by atoms with Gasteiger partial charge in [-0.05, 0) is 55.7 Å². The number of nitrogens with one attached hydrogen (secondary N) is 1. The van der Waals surface area contributed by atoms with E-state index >= 15 is 0 Å². The number of nitrogens with zero attached hydrogens (tertiary/aromatic N) is 1. The van der Waals surface area contributed by atoms with Crippen molar-refractivity contribution in [2.75, 3.05) is 11.6 Å². The van der Waals surface area contributed by atoms with Gasteiger partial charge in [0.25, 0.3) is 0 Å². The highest BCUT2D eigenvalue weighted by Crippen LogP contribution is 2.36. The molecule has 4 heteroatoms. The van der Waals surface area contributed by atoms with Gasteiger partial charge in [0.2, 0.25) is 0 Å². The normalized spacial score (nSPS) is 14.9. The third-order valence-corrected chi connectivity index (χ3v) is 5.30. The quantitative estimate of drug-likeness (QED) is 0.729. The molecule has 3 nitrogen and oxygen atoms in total. The second-order valence-corrected chi connectivity index (χ2v) is 7.23. The van der Waals surface area contributed by atoms with Gasteiger partial charge in [0, 0.05) is 23.2 Å². The van der Waals surface area contributed by atoms with E-state index in [4.69, 9.17) is 0 Å². The average Bonchev–Trinajstić information content (AvgIpc) is 3.45. The minimum Gasteiger partial charge on any atom is -0.317 e. The van der Waals surface area contributed by atoms with Crippen molar-refractivity contribution in [3.63, 3.8) is 0 Å². The van der Waals surface area contributed by atoms with E-state index in [2.05, 4.69) is 30.4 Å². The first-order valence-corrected chi connectivity index (χ1v) is 9.65. The zero-order valence-electron chi connectivity index (χ0n) is 14.2. The molecule has 2 aromatic rings. The summed E-state index contributed by atoms with van der Waals surface area (Å²) in [7, 11) is 0. The summed E-state index contributed by atoms with van der Waals surface area (Å²) in [5.41, 5.74) is 2.02. The van der Waals surface area contributed by atoms with Crippen LogP contribution >= 0.6 is 11.8 Å². The van der Waals surface area contributed by atoms with Gasteiger partial charge in [-0.1, -0.05) is 36.4 Å². The first-order valence-electron chi connectivity index (χ1n) is 8.43. The molecule has 1 atom stereocenters. The molecule has 0 aliphatic heterocycles. The van der Waals surface area contributed by atoms with Gasteiger partial charge in [0.15, 0.2) is 0 Å². The van der Waals surface area contributed by atoms with Crippen LogP contribution in [0.1, 0.15) is 25.3 Å². The summed E-state index contributed by atoms with van der Waals surface area (Å²) >= 11 is 1.68. The molecule has 1 aliphatic rings. The molecule has 1 unspecified atom stereocenters. The molecule has 24 heavy (non-hydrogen) atoms. The van der Waals surface area contributed by atoms with Crippen LogP contribution in [0.25, 0.3) is 0 Å². The molecule has 1 saturated carbocycles. The number of carbonyl (C=O) groups is 1. The maximum absolute atomic E-state index is 12.9. The van der Waals surface area contributed by atoms with E-state index in [-0.39, 0.29) is 12.1 Å². The summed E-state index contributed by atoms with van der Waals surface area (Å²) in [6, 6.07) is 18.4. The summed E-state index contributed by atoms with van der Waals surface area (Å²) < 4.78 is 0. The van der Waals surface area contributed by atoms with Crippen molar-refractivity contribution in [3.8, 4) is 0 Å². The molecule has 1 aliphatic carbocycles. The van der Waals surface area contributed by atoms with Crippen LogP contribution in [-0.4, -0.2) is 23.2 Å². The second-order valence-electron chi connectivity index (χ2n) is 6.35. The zero-order chi connectivity index (χ0) is 16.9. The van der Waals surface area contributed by atoms with E-state index in [1.807, 2.05) is 47.6 Å². The van der Waals surface area contributed by atoms with Crippen LogP contribution in [0.4, 0.5) is 10.5 Å². The largest absolute Gasteiger partial charge is 0.322 e. The molecule has 0 aromatic heterocycles. The molecule has 1 N–H and O–H groups in total. The first-order chi connectivity index (χ1) is 11.7. The van der Waals surface area contributed by atoms with Crippen molar-refractivity contribution in [1.82, 2.24) is 4.90 Å². The van der Waals surface area contributed by atoms with E-state index in [9.17, 15) is 4.79 Å². The minimum absolute atomic E-state index is 0.0171. The van der Waals surface area contributed by atoms with Crippen molar-refractivity contribution in [2.45, 2.75) is 37.2 Å². The zero-order valence-corrected chi connectivity index (χ0v) is 15.1. The maximum atomic E-state index is 12.9. The predicted molar refractivity (Wildman–Crippen MR) is 101 cm³/mol. The van der Waals surface area contributed by atoms with Crippen LogP contribution in [0.5, 0.6) is 0 Å². The molecule has 2 aromatic carbocycles. The fraction of sp³-hybridized carbons (Fsp3) is 0.350. The third kappa shape index (κ3) is 4.32. The summed E-state index contributed by atoms with van der Waals surface area (Å²) in [5, 5.41) is 3.07. The Labute approximate surface area is 148 Å². The monoisotopic (exact) mass is 340 g/mol. The molecule has 2 amide bonds. The Kier molecular flexibility index (Phi) is 5.46. The van der Waals surface area contributed by atoms with Gasteiger partial charge < -0.3 is 10.2 Å². The number of benzene rings is 2. The maximum Gasteiger partial charge on any atom is 0.322 e. The Morgan fingerprint density at radius 1 is 1.21 bits per heavy atom. The number of hydrogen-bond donors (Lipinski definition) is 1. The minimum atomic E-state index is -0.0171. The van der Waals surface area contributed by atoms with Gasteiger partial charge in [0.1, 0.15) is 0 Å². The number of urea groups is 1. The van der Waals surface area contributed by atoms with Crippen LogP contribution in [0.3, 0.4) is 0 Å². The molecule has 0 heterocycles. The van der Waals surface area contributed by atoms with Crippen molar-refractivity contribution in [3.05, 3.63) is 60.2 Å². The number of thioether (sulfide) groups is 1. The van der Waals surface area contributed by atoms with Gasteiger partial charge in [0.05, 0.1) is 0 Å². The highest BCUT2D eigenvalue weighted by atomic mass is 32.2. The standard InChI is InChI=1S/C20H24N2OS/c1-15(17-11-12-17)22(14-16-7-4-3-5-8-16)20(23)21-18-9-6-10-19(13-18)24-2/h3-10,13,15,17H,11-12,14H2,1-2H3,(H,21,23). The molecule has 3 rings (SSSR count). The molecular formula is C20H24N2OS. The number of rotatable bonds is 6. The second kappa shape index (κ2) is 7.75. The van der Waals surface area contributed by atoms with Crippen molar-refractivity contribution in [2.24, 2.45) is 5.92 Å². The van der Waals surface area contributed by atoms with Gasteiger partial charge in [-0.15, -0.1) is 11.8 Å². The Balaban J connectivity index is 1.74. The van der Waals surface area contributed by atoms with Crippen LogP contribution in [-0.2, 0) is 6.54 Å². The Hall–Kier alpha value is -1.94. The van der Waals surface area contributed by atoms with Crippen LogP contribution < -0.4 is 5.32 Å². The summed E-state index contributed by atoms with van der Waals surface area (Å²) in [6.07, 6.45) is 4.49. The van der Waals surface area contributed by atoms with Crippen LogP contribution in [0.15, 0.2) is 59.5 Å². The highest BCUT2D eigenvalue weighted by molar-refractivity contribution is 7.98. The smallest absolute Gasteiger partial charge is 0.317 e. The molecule has 0 saturated heterocycles. The van der Waals surface area contributed by atoms with E-state index in [0.717, 1.165) is 16.1 Å². The van der Waals surface area contributed by atoms with E-state index in [1.165, 1.54) is 12.8 Å². The lowest BCUT2D eigenvalue weighted by molar-refractivity contribution is 0.181. The Bertz CT molecular complexity index is 685. The third-order valence-electron chi connectivity index (χ3n) is 4.57. The molecule has 1 fully saturated rings. The van der Waals surface area contributed by atoms with Crippen molar-refractivity contribution >= 4 is 23.5 Å². The fourth-order valence-corrected chi connectivity index (χ4v) is 3.37. The van der Waals surface area contributed by atoms with Crippen molar-refractivity contribution in [1.29, 1.82) is 0 Å². The van der Waals surface area contributed by atoms with Crippen LogP contribution in [0, 0.1) is 5.92 Å². The molecule has 126 valence electrons. The molecule has 0 bridgehead atoms. The Morgan fingerprint density at radius 2 is 1.96 bits per heavy atom. The topological polar surface area (TPSA) is 32.3 Å². The van der Waals surface area contributed by atoms with E-state index in [0.29, 0.717) is 12.5 Å². The number of amides is 2. The predicted octanol–water partition coefficient (Wildman–Crippen LogP) is 5.24. The molecule has 0 radical (unpaired) electrons. The van der Waals surface area contributed by atoms with E-state index < -0.39 is 0 Å². The molecule has 0 spiro atoms. The summed E-state index contributed by atoms with van der Waals surface area (Å²) in [6.45, 7) is 2.81. The summed E-state index contributed by atoms with van der Waals surface area (Å²) in [4.78, 5) is 16.0. The molecular weight excluding hydrogens is 316 g/mol. The van der Waals surface area contributed by atoms with Gasteiger partial charge in [-0.25, -0.2) is 4.79 Å². The SMILES string of the molecule is CSc1cccc(NC(=O)N(Cc2ccccc2)C(C)C2CC2)c1. The number of carbonyl (C=O) groups excluding carboxylic acids is 1. The number of hydrogen-bond acceptors (Lipinski definition) is 2. The van der Waals surface area contributed by atoms with Gasteiger partial charge >= 0.3 is 6.03 Å². The van der Waals surface area contributed by atoms with Gasteiger partial charge in [-0.2, -0.15) is 0 Å². The fourth-order valence-electron chi connectivity index (χ4n) is 2.91. The highest BCUT2D eigenvalue weighted by Gasteiger charge is 2.34. The summed E-state index contributed by atoms with van der Waals surface area (Å²) in [5.74, 6) is 0.636. The average molecular weight is 340 g/mol. The van der Waals surface area contributed by atoms with Crippen molar-refractivity contribution < 1.29 is 4.79 Å². The first kappa shape index (κ1) is 16.9. The lowest BCUT2D eigenvalue weighted by Gasteiger charge is -2.30. The van der Waals surface area contributed by atoms with Crippen LogP contribution in [0.2, 0.25) is 0 Å². The lowest BCUT2D eigenvalue weighted by atomic mass is 10.1. The Morgan fingerprint density at radius 3 is 2.62 bits per heavy atom.